The van der Waals surface area contributed by atoms with Crippen molar-refractivity contribution in [1.82, 2.24) is 10.2 Å². The summed E-state index contributed by atoms with van der Waals surface area (Å²) in [5, 5.41) is 3.29. The Morgan fingerprint density at radius 2 is 1.76 bits per heavy atom. The Labute approximate surface area is 172 Å². The van der Waals surface area contributed by atoms with Gasteiger partial charge in [-0.25, -0.2) is 0 Å². The van der Waals surface area contributed by atoms with Gasteiger partial charge in [-0.15, -0.1) is 0 Å². The number of likely N-dealkylation sites (tertiary alicyclic amines) is 1. The molecule has 1 saturated carbocycles. The zero-order valence-electron chi connectivity index (χ0n) is 16.7. The third kappa shape index (κ3) is 3.97. The van der Waals surface area contributed by atoms with Crippen molar-refractivity contribution in [3.63, 3.8) is 0 Å². The van der Waals surface area contributed by atoms with Gasteiger partial charge < -0.3 is 14.8 Å². The van der Waals surface area contributed by atoms with Gasteiger partial charge in [0.05, 0.1) is 12.0 Å². The predicted octanol–water partition coefficient (Wildman–Crippen LogP) is 3.86. The number of benzene rings is 2. The summed E-state index contributed by atoms with van der Waals surface area (Å²) in [5.74, 6) is 2.21. The number of fused-ring (bicyclic) bond motifs is 1. The van der Waals surface area contributed by atoms with Crippen LogP contribution >= 0.6 is 0 Å². The fourth-order valence-corrected chi connectivity index (χ4v) is 4.67. The van der Waals surface area contributed by atoms with Gasteiger partial charge in [0.1, 0.15) is 0 Å². The van der Waals surface area contributed by atoms with E-state index >= 15 is 0 Å². The summed E-state index contributed by atoms with van der Waals surface area (Å²) in [4.78, 5) is 15.7. The van der Waals surface area contributed by atoms with Crippen LogP contribution < -0.4 is 14.8 Å². The first-order valence-corrected chi connectivity index (χ1v) is 10.8. The van der Waals surface area contributed by atoms with Crippen LogP contribution in [0.4, 0.5) is 0 Å². The summed E-state index contributed by atoms with van der Waals surface area (Å²) < 4.78 is 11.1. The van der Waals surface area contributed by atoms with Gasteiger partial charge in [-0.05, 0) is 68.0 Å². The van der Waals surface area contributed by atoms with E-state index in [9.17, 15) is 4.79 Å². The second-order valence-electron chi connectivity index (χ2n) is 8.34. The van der Waals surface area contributed by atoms with Gasteiger partial charge in [-0.2, -0.15) is 0 Å². The Balaban J connectivity index is 1.33. The molecule has 2 atom stereocenters. The smallest absolute Gasteiger partial charge is 0.231 e. The van der Waals surface area contributed by atoms with Gasteiger partial charge in [0, 0.05) is 6.54 Å². The highest BCUT2D eigenvalue weighted by Crippen LogP contribution is 2.43. The molecule has 1 aliphatic carbocycles. The van der Waals surface area contributed by atoms with Crippen molar-refractivity contribution in [2.45, 2.75) is 37.6 Å². The number of hydrogen-bond acceptors (Lipinski definition) is 4. The summed E-state index contributed by atoms with van der Waals surface area (Å²) >= 11 is 0. The van der Waals surface area contributed by atoms with Crippen molar-refractivity contribution in [1.29, 1.82) is 0 Å². The van der Waals surface area contributed by atoms with Crippen molar-refractivity contribution < 1.29 is 14.3 Å². The molecule has 1 saturated heterocycles. The molecule has 1 N–H and O–H groups in total. The molecule has 2 aliphatic heterocycles. The van der Waals surface area contributed by atoms with Crippen LogP contribution in [0.15, 0.2) is 48.5 Å². The van der Waals surface area contributed by atoms with Crippen molar-refractivity contribution in [2.24, 2.45) is 5.92 Å². The van der Waals surface area contributed by atoms with Gasteiger partial charge in [-0.3, -0.25) is 9.69 Å². The largest absolute Gasteiger partial charge is 0.454 e. The van der Waals surface area contributed by atoms with Crippen LogP contribution in [0.1, 0.15) is 48.8 Å². The second-order valence-corrected chi connectivity index (χ2v) is 8.34. The highest BCUT2D eigenvalue weighted by molar-refractivity contribution is 5.84. The van der Waals surface area contributed by atoms with E-state index in [1.54, 1.807) is 0 Å². The zero-order chi connectivity index (χ0) is 19.6. The van der Waals surface area contributed by atoms with Crippen LogP contribution in [0, 0.1) is 5.92 Å². The number of amides is 1. The average molecular weight is 392 g/mol. The summed E-state index contributed by atoms with van der Waals surface area (Å²) in [6.07, 6.45) is 4.71. The quantitative estimate of drug-likeness (QED) is 0.777. The monoisotopic (exact) mass is 392 g/mol. The third-order valence-electron chi connectivity index (χ3n) is 6.37. The molecule has 5 nitrogen and oxygen atoms in total. The topological polar surface area (TPSA) is 50.8 Å². The maximum absolute atomic E-state index is 13.2. The van der Waals surface area contributed by atoms with Crippen LogP contribution in [0.25, 0.3) is 0 Å². The molecule has 0 spiro atoms. The number of nitrogens with zero attached hydrogens (tertiary/aromatic N) is 1. The molecule has 3 aliphatic rings. The Kier molecular flexibility index (Phi) is 5.15. The van der Waals surface area contributed by atoms with Crippen molar-refractivity contribution in [2.75, 3.05) is 26.4 Å². The minimum atomic E-state index is -0.0350. The minimum absolute atomic E-state index is 0.0350. The molecule has 0 aromatic heterocycles. The van der Waals surface area contributed by atoms with Crippen LogP contribution in [0.2, 0.25) is 0 Å². The van der Waals surface area contributed by atoms with Crippen LogP contribution in [-0.2, 0) is 4.79 Å². The fourth-order valence-electron chi connectivity index (χ4n) is 4.67. The van der Waals surface area contributed by atoms with Crippen molar-refractivity contribution >= 4 is 5.91 Å². The molecule has 0 radical (unpaired) electrons. The van der Waals surface area contributed by atoms with E-state index in [1.807, 2.05) is 24.3 Å². The predicted molar refractivity (Wildman–Crippen MR) is 111 cm³/mol. The number of carbonyl (C=O) groups is 1. The maximum Gasteiger partial charge on any atom is 0.231 e. The number of carbonyl (C=O) groups excluding carboxylic acids is 1. The highest BCUT2D eigenvalue weighted by Gasteiger charge is 2.37. The molecular weight excluding hydrogens is 364 g/mol. The molecule has 2 heterocycles. The average Bonchev–Trinajstić information content (AvgIpc) is 3.23. The zero-order valence-corrected chi connectivity index (χ0v) is 16.7. The Morgan fingerprint density at radius 1 is 1.00 bits per heavy atom. The fraction of sp³-hybridized carbons (Fsp3) is 0.458. The van der Waals surface area contributed by atoms with Gasteiger partial charge in [0.15, 0.2) is 11.5 Å². The van der Waals surface area contributed by atoms with Crippen LogP contribution in [0.5, 0.6) is 11.5 Å². The van der Waals surface area contributed by atoms with E-state index in [2.05, 4.69) is 34.5 Å². The lowest BCUT2D eigenvalue weighted by Gasteiger charge is -2.29. The number of ether oxygens (including phenoxy) is 2. The molecule has 2 aromatic carbocycles. The minimum Gasteiger partial charge on any atom is -0.454 e. The van der Waals surface area contributed by atoms with Crippen molar-refractivity contribution in [3.05, 3.63) is 59.7 Å². The van der Waals surface area contributed by atoms with Crippen LogP contribution in [-0.4, -0.2) is 37.2 Å². The summed E-state index contributed by atoms with van der Waals surface area (Å²) in [6.45, 7) is 3.04. The lowest BCUT2D eigenvalue weighted by atomic mass is 9.93. The number of nitrogens with one attached hydrogen (secondary N) is 1. The van der Waals surface area contributed by atoms with Gasteiger partial charge in [-0.1, -0.05) is 36.4 Å². The second kappa shape index (κ2) is 8.07. The lowest BCUT2D eigenvalue weighted by molar-refractivity contribution is -0.123. The molecule has 2 unspecified atom stereocenters. The Hall–Kier alpha value is -2.53. The molecule has 0 bridgehead atoms. The SMILES string of the molecule is O=C(NCC(c1ccc2c(c1)OCO2)N1CCCC1)C(c1ccccc1)C1CC1. The summed E-state index contributed by atoms with van der Waals surface area (Å²) in [6, 6.07) is 16.6. The lowest BCUT2D eigenvalue weighted by Crippen LogP contribution is -2.39. The first-order valence-electron chi connectivity index (χ1n) is 10.8. The number of hydrogen-bond donors (Lipinski definition) is 1. The summed E-state index contributed by atoms with van der Waals surface area (Å²) in [5.41, 5.74) is 2.31. The van der Waals surface area contributed by atoms with Crippen LogP contribution in [0.3, 0.4) is 0 Å². The Bertz CT molecular complexity index is 860. The van der Waals surface area contributed by atoms with E-state index in [-0.39, 0.29) is 24.7 Å². The van der Waals surface area contributed by atoms with Crippen molar-refractivity contribution in [3.8, 4) is 11.5 Å². The highest BCUT2D eigenvalue weighted by atomic mass is 16.7. The molecular formula is C24H28N2O3. The molecule has 1 amide bonds. The maximum atomic E-state index is 13.2. The molecule has 5 rings (SSSR count). The van der Waals surface area contributed by atoms with E-state index in [0.717, 1.165) is 43.0 Å². The third-order valence-corrected chi connectivity index (χ3v) is 6.37. The number of rotatable bonds is 7. The molecule has 2 aromatic rings. The first-order chi connectivity index (χ1) is 14.3. The normalized spacial score (nSPS) is 20.4. The molecule has 5 heteroatoms. The Morgan fingerprint density at radius 3 is 2.52 bits per heavy atom. The van der Waals surface area contributed by atoms with E-state index < -0.39 is 0 Å². The molecule has 2 fully saturated rings. The molecule has 152 valence electrons. The summed E-state index contributed by atoms with van der Waals surface area (Å²) in [7, 11) is 0. The van der Waals surface area contributed by atoms with E-state index in [1.165, 1.54) is 18.4 Å². The van der Waals surface area contributed by atoms with E-state index in [4.69, 9.17) is 9.47 Å². The van der Waals surface area contributed by atoms with Gasteiger partial charge in [0.25, 0.3) is 0 Å². The van der Waals surface area contributed by atoms with E-state index in [0.29, 0.717) is 12.5 Å². The van der Waals surface area contributed by atoms with Gasteiger partial charge >= 0.3 is 0 Å². The standard InChI is InChI=1S/C24H28N2O3/c27-24(23(18-8-9-18)17-6-2-1-3-7-17)25-15-20(26-12-4-5-13-26)19-10-11-21-22(14-19)29-16-28-21/h1-3,6-7,10-11,14,18,20,23H,4-5,8-9,12-13,15-16H2,(H,25,27). The molecule has 29 heavy (non-hydrogen) atoms. The van der Waals surface area contributed by atoms with Gasteiger partial charge in [0.2, 0.25) is 12.7 Å². The first kappa shape index (κ1) is 18.5.